The van der Waals surface area contributed by atoms with E-state index >= 15 is 0 Å². The molecule has 0 aromatic rings. The van der Waals surface area contributed by atoms with Crippen LogP contribution in [0.1, 0.15) is 46.5 Å². The molecule has 0 spiro atoms. The highest BCUT2D eigenvalue weighted by atomic mass is 16.6. The molecule has 0 aliphatic carbocycles. The summed E-state index contributed by atoms with van der Waals surface area (Å²) in [5.74, 6) is 0. The van der Waals surface area contributed by atoms with Gasteiger partial charge in [0.05, 0.1) is 12.7 Å². The predicted octanol–water partition coefficient (Wildman–Crippen LogP) is 1.83. The summed E-state index contributed by atoms with van der Waals surface area (Å²) < 4.78 is 10.8. The van der Waals surface area contributed by atoms with Gasteiger partial charge in [-0.2, -0.15) is 0 Å². The van der Waals surface area contributed by atoms with Gasteiger partial charge in [0.15, 0.2) is 0 Å². The topological polar surface area (TPSA) is 67.8 Å². The molecule has 5 heteroatoms. The molecule has 1 aliphatic rings. The first-order valence-electron chi connectivity index (χ1n) is 6.62. The molecule has 106 valence electrons. The highest BCUT2D eigenvalue weighted by Gasteiger charge is 2.23. The van der Waals surface area contributed by atoms with Gasteiger partial charge in [0.25, 0.3) is 0 Å². The summed E-state index contributed by atoms with van der Waals surface area (Å²) in [6.07, 6.45) is 2.88. The van der Waals surface area contributed by atoms with Crippen molar-refractivity contribution >= 4 is 6.09 Å². The lowest BCUT2D eigenvalue weighted by molar-refractivity contribution is -0.0314. The SMILES string of the molecule is CC(C)(C)NC(=O)O[C@H](CO)CC1CCCCO1. The van der Waals surface area contributed by atoms with Gasteiger partial charge < -0.3 is 19.9 Å². The summed E-state index contributed by atoms with van der Waals surface area (Å²) in [7, 11) is 0. The third kappa shape index (κ3) is 6.21. The van der Waals surface area contributed by atoms with E-state index in [0.29, 0.717) is 6.42 Å². The summed E-state index contributed by atoms with van der Waals surface area (Å²) in [4.78, 5) is 11.6. The lowest BCUT2D eigenvalue weighted by Gasteiger charge is -2.27. The number of carbonyl (C=O) groups is 1. The smallest absolute Gasteiger partial charge is 0.407 e. The van der Waals surface area contributed by atoms with Crippen molar-refractivity contribution < 1.29 is 19.4 Å². The minimum Gasteiger partial charge on any atom is -0.444 e. The van der Waals surface area contributed by atoms with E-state index in [2.05, 4.69) is 5.32 Å². The van der Waals surface area contributed by atoms with Gasteiger partial charge >= 0.3 is 6.09 Å². The summed E-state index contributed by atoms with van der Waals surface area (Å²) >= 11 is 0. The molecule has 0 bridgehead atoms. The van der Waals surface area contributed by atoms with Gasteiger partial charge in [-0.15, -0.1) is 0 Å². The number of aliphatic hydroxyl groups excluding tert-OH is 1. The highest BCUT2D eigenvalue weighted by molar-refractivity contribution is 5.68. The number of nitrogens with one attached hydrogen (secondary N) is 1. The van der Waals surface area contributed by atoms with Crippen LogP contribution in [0, 0.1) is 0 Å². The molecule has 1 rings (SSSR count). The maximum Gasteiger partial charge on any atom is 0.407 e. The third-order valence-electron chi connectivity index (χ3n) is 2.75. The number of hydrogen-bond donors (Lipinski definition) is 2. The van der Waals surface area contributed by atoms with E-state index in [1.54, 1.807) is 0 Å². The third-order valence-corrected chi connectivity index (χ3v) is 2.75. The molecule has 0 radical (unpaired) electrons. The second-order valence-corrected chi connectivity index (χ2v) is 5.81. The molecule has 1 heterocycles. The molecule has 18 heavy (non-hydrogen) atoms. The molecule has 1 unspecified atom stereocenters. The lowest BCUT2D eigenvalue weighted by atomic mass is 10.0. The van der Waals surface area contributed by atoms with E-state index in [1.165, 1.54) is 0 Å². The van der Waals surface area contributed by atoms with E-state index in [4.69, 9.17) is 9.47 Å². The largest absolute Gasteiger partial charge is 0.444 e. The van der Waals surface area contributed by atoms with Crippen molar-refractivity contribution in [1.29, 1.82) is 0 Å². The zero-order chi connectivity index (χ0) is 13.6. The van der Waals surface area contributed by atoms with Gasteiger partial charge in [0.2, 0.25) is 0 Å². The normalized spacial score (nSPS) is 22.3. The van der Waals surface area contributed by atoms with Crippen LogP contribution < -0.4 is 5.32 Å². The first-order chi connectivity index (χ1) is 8.40. The number of amides is 1. The number of aliphatic hydroxyl groups is 1. The maximum absolute atomic E-state index is 11.6. The Balaban J connectivity index is 2.34. The van der Waals surface area contributed by atoms with Crippen LogP contribution in [0.25, 0.3) is 0 Å². The first kappa shape index (κ1) is 15.2. The minimum atomic E-state index is -0.490. The summed E-state index contributed by atoms with van der Waals surface area (Å²) in [5.41, 5.74) is -0.335. The average molecular weight is 259 g/mol. The summed E-state index contributed by atoms with van der Waals surface area (Å²) in [5, 5.41) is 12.0. The quantitative estimate of drug-likeness (QED) is 0.808. The zero-order valence-corrected chi connectivity index (χ0v) is 11.6. The van der Waals surface area contributed by atoms with Crippen LogP contribution in [0.2, 0.25) is 0 Å². The monoisotopic (exact) mass is 259 g/mol. The average Bonchev–Trinajstić information content (AvgIpc) is 2.27. The highest BCUT2D eigenvalue weighted by Crippen LogP contribution is 2.18. The Labute approximate surface area is 109 Å². The molecule has 1 saturated heterocycles. The van der Waals surface area contributed by atoms with Crippen molar-refractivity contribution in [1.82, 2.24) is 5.32 Å². The van der Waals surface area contributed by atoms with Crippen molar-refractivity contribution in [2.75, 3.05) is 13.2 Å². The van der Waals surface area contributed by atoms with Crippen LogP contribution in [-0.4, -0.2) is 42.2 Å². The summed E-state index contributed by atoms with van der Waals surface area (Å²) in [6, 6.07) is 0. The van der Waals surface area contributed by atoms with E-state index in [0.717, 1.165) is 25.9 Å². The fraction of sp³-hybridized carbons (Fsp3) is 0.923. The molecule has 2 atom stereocenters. The molecule has 1 aliphatic heterocycles. The van der Waals surface area contributed by atoms with Crippen LogP contribution in [0.5, 0.6) is 0 Å². The van der Waals surface area contributed by atoms with Gasteiger partial charge in [-0.1, -0.05) is 0 Å². The van der Waals surface area contributed by atoms with Crippen molar-refractivity contribution in [3.63, 3.8) is 0 Å². The van der Waals surface area contributed by atoms with E-state index in [1.807, 2.05) is 20.8 Å². The maximum atomic E-state index is 11.6. The zero-order valence-electron chi connectivity index (χ0n) is 11.6. The van der Waals surface area contributed by atoms with Gasteiger partial charge in [-0.3, -0.25) is 0 Å². The Morgan fingerprint density at radius 2 is 2.22 bits per heavy atom. The Hall–Kier alpha value is -0.810. The van der Waals surface area contributed by atoms with E-state index in [-0.39, 0.29) is 18.2 Å². The van der Waals surface area contributed by atoms with Crippen LogP contribution in [0.3, 0.4) is 0 Å². The van der Waals surface area contributed by atoms with Crippen molar-refractivity contribution in [3.8, 4) is 0 Å². The fourth-order valence-corrected chi connectivity index (χ4v) is 1.93. The first-order valence-corrected chi connectivity index (χ1v) is 6.62. The van der Waals surface area contributed by atoms with E-state index < -0.39 is 12.2 Å². The van der Waals surface area contributed by atoms with E-state index in [9.17, 15) is 9.90 Å². The van der Waals surface area contributed by atoms with Gasteiger partial charge in [-0.25, -0.2) is 4.79 Å². The van der Waals surface area contributed by atoms with Gasteiger partial charge in [0, 0.05) is 18.6 Å². The van der Waals surface area contributed by atoms with Crippen LogP contribution in [-0.2, 0) is 9.47 Å². The van der Waals surface area contributed by atoms with Crippen molar-refractivity contribution in [2.24, 2.45) is 0 Å². The molecular formula is C13H25NO4. The molecule has 1 fully saturated rings. The second-order valence-electron chi connectivity index (χ2n) is 5.81. The fourth-order valence-electron chi connectivity index (χ4n) is 1.93. The molecule has 5 nitrogen and oxygen atoms in total. The number of carbonyl (C=O) groups excluding carboxylic acids is 1. The number of alkyl carbamates (subject to hydrolysis) is 1. The van der Waals surface area contributed by atoms with Crippen LogP contribution in [0.4, 0.5) is 4.79 Å². The number of ether oxygens (including phenoxy) is 2. The lowest BCUT2D eigenvalue weighted by Crippen LogP contribution is -2.43. The predicted molar refractivity (Wildman–Crippen MR) is 68.5 cm³/mol. The van der Waals surface area contributed by atoms with Gasteiger partial charge in [-0.05, 0) is 40.0 Å². The molecule has 0 saturated carbocycles. The Morgan fingerprint density at radius 3 is 2.72 bits per heavy atom. The molecule has 1 amide bonds. The Kier molecular flexibility index (Phi) is 5.88. The minimum absolute atomic E-state index is 0.0957. The van der Waals surface area contributed by atoms with Gasteiger partial charge in [0.1, 0.15) is 6.10 Å². The Morgan fingerprint density at radius 1 is 1.50 bits per heavy atom. The molecular weight excluding hydrogens is 234 g/mol. The van der Waals surface area contributed by atoms with Crippen molar-refractivity contribution in [3.05, 3.63) is 0 Å². The number of rotatable bonds is 4. The standard InChI is InChI=1S/C13H25NO4/c1-13(2,3)14-12(16)18-11(9-15)8-10-6-4-5-7-17-10/h10-11,15H,4-9H2,1-3H3,(H,14,16)/t10?,11-/m0/s1. The summed E-state index contributed by atoms with van der Waals surface area (Å²) in [6.45, 7) is 6.24. The molecule has 2 N–H and O–H groups in total. The second kappa shape index (κ2) is 6.95. The van der Waals surface area contributed by atoms with Crippen LogP contribution >= 0.6 is 0 Å². The van der Waals surface area contributed by atoms with Crippen molar-refractivity contribution in [2.45, 2.75) is 64.2 Å². The number of hydrogen-bond acceptors (Lipinski definition) is 4. The molecule has 0 aromatic carbocycles. The Bertz CT molecular complexity index is 256. The van der Waals surface area contributed by atoms with Crippen LogP contribution in [0.15, 0.2) is 0 Å². The molecule has 0 aromatic heterocycles.